The third kappa shape index (κ3) is 2.88. The number of rotatable bonds is 4. The summed E-state index contributed by atoms with van der Waals surface area (Å²) in [6.07, 6.45) is 1.68. The Balaban J connectivity index is 2.06. The predicted molar refractivity (Wildman–Crippen MR) is 70.9 cm³/mol. The Morgan fingerprint density at radius 2 is 2.26 bits per heavy atom. The van der Waals surface area contributed by atoms with Gasteiger partial charge in [0.25, 0.3) is 5.91 Å². The average molecular weight is 262 g/mol. The van der Waals surface area contributed by atoms with Crippen LogP contribution < -0.4 is 5.32 Å². The molecule has 3 N–H and O–H groups in total. The van der Waals surface area contributed by atoms with E-state index < -0.39 is 5.60 Å². The van der Waals surface area contributed by atoms with Gasteiger partial charge in [0.2, 0.25) is 0 Å². The summed E-state index contributed by atoms with van der Waals surface area (Å²) in [6.45, 7) is 5.39. The third-order valence-corrected chi connectivity index (χ3v) is 3.06. The molecule has 2 rings (SSSR count). The minimum absolute atomic E-state index is 0.116. The number of amides is 1. The Bertz CT molecular complexity index is 568. The minimum atomic E-state index is -1.16. The van der Waals surface area contributed by atoms with Gasteiger partial charge in [-0.05, 0) is 39.0 Å². The molecule has 19 heavy (non-hydrogen) atoms. The van der Waals surface area contributed by atoms with Crippen molar-refractivity contribution in [2.75, 3.05) is 6.54 Å². The molecule has 0 fully saturated rings. The molecule has 0 aliphatic rings. The molecule has 5 nitrogen and oxygen atoms in total. The number of aryl methyl sites for hydroxylation is 2. The molecule has 5 heteroatoms. The summed E-state index contributed by atoms with van der Waals surface area (Å²) < 4.78 is 5.40. The van der Waals surface area contributed by atoms with Crippen LogP contribution in [0.4, 0.5) is 0 Å². The maximum Gasteiger partial charge on any atom is 0.267 e. The summed E-state index contributed by atoms with van der Waals surface area (Å²) in [5, 5.41) is 13.1. The van der Waals surface area contributed by atoms with Gasteiger partial charge in [-0.2, -0.15) is 0 Å². The van der Waals surface area contributed by atoms with E-state index in [1.807, 2.05) is 6.92 Å². The number of nitrogens with one attached hydrogen (secondary N) is 2. The van der Waals surface area contributed by atoms with Crippen molar-refractivity contribution in [1.29, 1.82) is 0 Å². The molecule has 2 aromatic heterocycles. The number of aromatic nitrogens is 1. The molecular weight excluding hydrogens is 244 g/mol. The van der Waals surface area contributed by atoms with Gasteiger partial charge in [-0.25, -0.2) is 0 Å². The number of furan rings is 1. The van der Waals surface area contributed by atoms with E-state index in [0.717, 1.165) is 5.76 Å². The van der Waals surface area contributed by atoms with Crippen molar-refractivity contribution in [1.82, 2.24) is 10.3 Å². The highest BCUT2D eigenvalue weighted by molar-refractivity contribution is 5.92. The van der Waals surface area contributed by atoms with Crippen LogP contribution >= 0.6 is 0 Å². The van der Waals surface area contributed by atoms with E-state index in [9.17, 15) is 9.90 Å². The highest BCUT2D eigenvalue weighted by atomic mass is 16.3. The number of H-pyrrole nitrogens is 1. The maximum absolute atomic E-state index is 11.8. The Labute approximate surface area is 111 Å². The van der Waals surface area contributed by atoms with Crippen molar-refractivity contribution in [3.05, 3.63) is 47.2 Å². The topological polar surface area (TPSA) is 78.3 Å². The first-order valence-corrected chi connectivity index (χ1v) is 6.11. The Hall–Kier alpha value is -2.01. The quantitative estimate of drug-likeness (QED) is 0.787. The summed E-state index contributed by atoms with van der Waals surface area (Å²) in [7, 11) is 0. The number of aliphatic hydroxyl groups is 1. The van der Waals surface area contributed by atoms with Gasteiger partial charge in [-0.15, -0.1) is 0 Å². The van der Waals surface area contributed by atoms with E-state index in [4.69, 9.17) is 4.42 Å². The molecule has 0 aliphatic carbocycles. The summed E-state index contributed by atoms with van der Waals surface area (Å²) >= 11 is 0. The highest BCUT2D eigenvalue weighted by Crippen LogP contribution is 2.26. The van der Waals surface area contributed by atoms with Crippen LogP contribution in [0.3, 0.4) is 0 Å². The lowest BCUT2D eigenvalue weighted by molar-refractivity contribution is 0.0513. The lowest BCUT2D eigenvalue weighted by atomic mass is 9.96. The van der Waals surface area contributed by atoms with Gasteiger partial charge >= 0.3 is 0 Å². The molecule has 102 valence electrons. The maximum atomic E-state index is 11.8. The molecule has 0 bridgehead atoms. The van der Waals surface area contributed by atoms with Crippen LogP contribution in [0.5, 0.6) is 0 Å². The van der Waals surface area contributed by atoms with Crippen molar-refractivity contribution in [3.63, 3.8) is 0 Å². The summed E-state index contributed by atoms with van der Waals surface area (Å²) in [4.78, 5) is 14.6. The van der Waals surface area contributed by atoms with Gasteiger partial charge in [0.05, 0.1) is 6.54 Å². The second-order valence-electron chi connectivity index (χ2n) is 4.87. The summed E-state index contributed by atoms with van der Waals surface area (Å²) in [5.41, 5.74) is -0.00271. The van der Waals surface area contributed by atoms with E-state index in [0.29, 0.717) is 17.0 Å². The molecule has 1 unspecified atom stereocenters. The van der Waals surface area contributed by atoms with Crippen molar-refractivity contribution in [3.8, 4) is 0 Å². The van der Waals surface area contributed by atoms with E-state index in [1.165, 1.54) is 0 Å². The SMILES string of the molecule is Cc1cc(C(C)(O)CNC(=O)c2ccc[nH]2)c(C)o1. The standard InChI is InChI=1S/C14H18N2O3/c1-9-7-11(10(2)19-9)14(3,18)8-16-13(17)12-5-4-6-15-12/h4-7,15,18H,8H2,1-3H3,(H,16,17). The van der Waals surface area contributed by atoms with E-state index in [2.05, 4.69) is 10.3 Å². The number of carbonyl (C=O) groups is 1. The zero-order valence-corrected chi connectivity index (χ0v) is 11.3. The predicted octanol–water partition coefficient (Wildman–Crippen LogP) is 1.86. The van der Waals surface area contributed by atoms with Gasteiger partial charge in [-0.3, -0.25) is 4.79 Å². The Morgan fingerprint density at radius 1 is 1.53 bits per heavy atom. The van der Waals surface area contributed by atoms with Crippen LogP contribution in [0.15, 0.2) is 28.8 Å². The molecule has 2 heterocycles. The third-order valence-electron chi connectivity index (χ3n) is 3.06. The molecule has 0 radical (unpaired) electrons. The lowest BCUT2D eigenvalue weighted by Gasteiger charge is -2.23. The number of hydrogen-bond donors (Lipinski definition) is 3. The average Bonchev–Trinajstić information content (AvgIpc) is 2.96. The van der Waals surface area contributed by atoms with Gasteiger partial charge in [0.1, 0.15) is 22.8 Å². The van der Waals surface area contributed by atoms with Gasteiger partial charge in [0.15, 0.2) is 0 Å². The molecular formula is C14H18N2O3. The molecule has 0 spiro atoms. The molecule has 1 amide bonds. The first kappa shape index (κ1) is 13.4. The number of aromatic amines is 1. The lowest BCUT2D eigenvalue weighted by Crippen LogP contribution is -2.38. The van der Waals surface area contributed by atoms with Crippen LogP contribution in [0.25, 0.3) is 0 Å². The molecule has 0 aliphatic heterocycles. The van der Waals surface area contributed by atoms with Gasteiger partial charge < -0.3 is 19.8 Å². The fraction of sp³-hybridized carbons (Fsp3) is 0.357. The summed E-state index contributed by atoms with van der Waals surface area (Å²) in [5.74, 6) is 1.16. The summed E-state index contributed by atoms with van der Waals surface area (Å²) in [6, 6.07) is 5.21. The largest absolute Gasteiger partial charge is 0.466 e. The van der Waals surface area contributed by atoms with Crippen molar-refractivity contribution in [2.45, 2.75) is 26.4 Å². The van der Waals surface area contributed by atoms with Crippen LogP contribution in [0, 0.1) is 13.8 Å². The Kier molecular flexibility index (Phi) is 3.48. The zero-order chi connectivity index (χ0) is 14.0. The highest BCUT2D eigenvalue weighted by Gasteiger charge is 2.28. The van der Waals surface area contributed by atoms with Crippen molar-refractivity contribution >= 4 is 5.91 Å². The Morgan fingerprint density at radius 3 is 2.79 bits per heavy atom. The van der Waals surface area contributed by atoms with E-state index >= 15 is 0 Å². The van der Waals surface area contributed by atoms with Gasteiger partial charge in [0, 0.05) is 11.8 Å². The van der Waals surface area contributed by atoms with Crippen LogP contribution in [0.2, 0.25) is 0 Å². The first-order chi connectivity index (χ1) is 8.90. The smallest absolute Gasteiger partial charge is 0.267 e. The fourth-order valence-electron chi connectivity index (χ4n) is 2.08. The van der Waals surface area contributed by atoms with E-state index in [1.54, 1.807) is 38.2 Å². The second-order valence-corrected chi connectivity index (χ2v) is 4.87. The van der Waals surface area contributed by atoms with Crippen molar-refractivity contribution in [2.24, 2.45) is 0 Å². The van der Waals surface area contributed by atoms with Gasteiger partial charge in [-0.1, -0.05) is 0 Å². The monoisotopic (exact) mass is 262 g/mol. The molecule has 0 saturated carbocycles. The molecule has 2 aromatic rings. The normalized spacial score (nSPS) is 14.1. The molecule has 0 aromatic carbocycles. The number of hydrogen-bond acceptors (Lipinski definition) is 3. The van der Waals surface area contributed by atoms with E-state index in [-0.39, 0.29) is 12.5 Å². The first-order valence-electron chi connectivity index (χ1n) is 6.11. The number of carbonyl (C=O) groups excluding carboxylic acids is 1. The molecule has 1 atom stereocenters. The molecule has 0 saturated heterocycles. The fourth-order valence-corrected chi connectivity index (χ4v) is 2.08. The zero-order valence-electron chi connectivity index (χ0n) is 11.3. The second kappa shape index (κ2) is 4.93. The van der Waals surface area contributed by atoms with Crippen LogP contribution in [0.1, 0.15) is 34.5 Å². The minimum Gasteiger partial charge on any atom is -0.466 e. The van der Waals surface area contributed by atoms with Crippen LogP contribution in [-0.2, 0) is 5.60 Å². The van der Waals surface area contributed by atoms with Crippen LogP contribution in [-0.4, -0.2) is 22.5 Å². The van der Waals surface area contributed by atoms with Crippen molar-refractivity contribution < 1.29 is 14.3 Å².